The molecule has 1 heterocycles. The Hall–Kier alpha value is -1.39. The number of aliphatic hydroxyl groups excluding tert-OH is 1. The first-order valence-electron chi connectivity index (χ1n) is 6.13. The molecule has 1 fully saturated rings. The van der Waals surface area contributed by atoms with Crippen LogP contribution in [0.4, 0.5) is 4.39 Å². The zero-order chi connectivity index (χ0) is 13.8. The van der Waals surface area contributed by atoms with Crippen molar-refractivity contribution in [2.45, 2.75) is 6.42 Å². The third-order valence-corrected chi connectivity index (χ3v) is 3.58. The number of benzene rings is 1. The number of halogens is 2. The van der Waals surface area contributed by atoms with Crippen molar-refractivity contribution in [2.75, 3.05) is 19.7 Å². The molecule has 5 heteroatoms. The number of carbonyl (C=O) groups is 1. The largest absolute Gasteiger partial charge is 0.396 e. The minimum absolute atomic E-state index is 0.0899. The highest BCUT2D eigenvalue weighted by molar-refractivity contribution is 6.32. The van der Waals surface area contributed by atoms with Gasteiger partial charge in [0, 0.05) is 37.3 Å². The van der Waals surface area contributed by atoms with Gasteiger partial charge in [0.15, 0.2) is 0 Å². The summed E-state index contributed by atoms with van der Waals surface area (Å²) in [5, 5.41) is 9.30. The Kier molecular flexibility index (Phi) is 4.56. The first-order valence-corrected chi connectivity index (χ1v) is 6.51. The third-order valence-electron chi connectivity index (χ3n) is 3.25. The van der Waals surface area contributed by atoms with Gasteiger partial charge >= 0.3 is 0 Å². The lowest BCUT2D eigenvalue weighted by Crippen LogP contribution is -2.27. The lowest BCUT2D eigenvalue weighted by Gasteiger charge is -2.13. The number of aliphatic hydroxyl groups is 1. The molecule has 1 aliphatic rings. The maximum absolute atomic E-state index is 13.5. The predicted octanol–water partition coefficient (Wildman–Crippen LogP) is 2.33. The van der Waals surface area contributed by atoms with Crippen LogP contribution in [0.1, 0.15) is 12.0 Å². The summed E-state index contributed by atoms with van der Waals surface area (Å²) < 4.78 is 13.5. The highest BCUT2D eigenvalue weighted by Gasteiger charge is 2.24. The average molecular weight is 284 g/mol. The fraction of sp³-hybridized carbons (Fsp3) is 0.357. The molecule has 2 rings (SSSR count). The van der Waals surface area contributed by atoms with E-state index in [1.54, 1.807) is 11.0 Å². The second-order valence-electron chi connectivity index (χ2n) is 4.59. The Morgan fingerprint density at radius 3 is 3.00 bits per heavy atom. The third kappa shape index (κ3) is 3.33. The van der Waals surface area contributed by atoms with Crippen LogP contribution in [0.5, 0.6) is 0 Å². The summed E-state index contributed by atoms with van der Waals surface area (Å²) in [6.07, 6.45) is 3.52. The smallest absolute Gasteiger partial charge is 0.246 e. The van der Waals surface area contributed by atoms with E-state index in [0.29, 0.717) is 13.1 Å². The lowest BCUT2D eigenvalue weighted by molar-refractivity contribution is -0.125. The topological polar surface area (TPSA) is 40.5 Å². The highest BCUT2D eigenvalue weighted by Crippen LogP contribution is 2.21. The molecule has 1 unspecified atom stereocenters. The Bertz CT molecular complexity index is 484. The van der Waals surface area contributed by atoms with Gasteiger partial charge in [-0.3, -0.25) is 4.79 Å². The number of rotatable bonds is 3. The number of hydrogen-bond donors (Lipinski definition) is 1. The molecule has 0 aromatic heterocycles. The molecule has 19 heavy (non-hydrogen) atoms. The number of carbonyl (C=O) groups excluding carboxylic acids is 1. The first kappa shape index (κ1) is 14.0. The van der Waals surface area contributed by atoms with Crippen molar-refractivity contribution in [2.24, 2.45) is 5.92 Å². The molecule has 0 saturated carbocycles. The Balaban J connectivity index is 2.05. The number of hydrogen-bond acceptors (Lipinski definition) is 2. The van der Waals surface area contributed by atoms with E-state index < -0.39 is 5.82 Å². The van der Waals surface area contributed by atoms with Crippen LogP contribution in [0.25, 0.3) is 6.08 Å². The summed E-state index contributed by atoms with van der Waals surface area (Å²) in [6, 6.07) is 4.39. The van der Waals surface area contributed by atoms with Crippen LogP contribution in [-0.2, 0) is 4.79 Å². The van der Waals surface area contributed by atoms with Gasteiger partial charge in [0.1, 0.15) is 5.82 Å². The summed E-state index contributed by atoms with van der Waals surface area (Å²) in [7, 11) is 0. The van der Waals surface area contributed by atoms with Crippen LogP contribution in [0.15, 0.2) is 24.3 Å². The summed E-state index contributed by atoms with van der Waals surface area (Å²) in [4.78, 5) is 13.5. The van der Waals surface area contributed by atoms with Gasteiger partial charge in [-0.1, -0.05) is 17.7 Å². The molecule has 1 amide bonds. The van der Waals surface area contributed by atoms with E-state index in [0.717, 1.165) is 6.42 Å². The minimum atomic E-state index is -0.453. The molecular formula is C14H15ClFNO2. The Morgan fingerprint density at radius 2 is 2.37 bits per heavy atom. The van der Waals surface area contributed by atoms with Crippen molar-refractivity contribution in [1.29, 1.82) is 0 Å². The van der Waals surface area contributed by atoms with Crippen LogP contribution in [0, 0.1) is 11.7 Å². The summed E-state index contributed by atoms with van der Waals surface area (Å²) in [5.74, 6) is -0.490. The quantitative estimate of drug-likeness (QED) is 0.865. The molecule has 3 nitrogen and oxygen atoms in total. The van der Waals surface area contributed by atoms with Crippen LogP contribution in [-0.4, -0.2) is 35.6 Å². The molecule has 0 radical (unpaired) electrons. The molecule has 1 saturated heterocycles. The lowest BCUT2D eigenvalue weighted by atomic mass is 10.1. The van der Waals surface area contributed by atoms with Gasteiger partial charge in [-0.05, 0) is 24.6 Å². The van der Waals surface area contributed by atoms with Crippen molar-refractivity contribution < 1.29 is 14.3 Å². The van der Waals surface area contributed by atoms with E-state index in [2.05, 4.69) is 0 Å². The zero-order valence-corrected chi connectivity index (χ0v) is 11.1. The monoisotopic (exact) mass is 283 g/mol. The molecule has 0 aliphatic carbocycles. The predicted molar refractivity (Wildman–Crippen MR) is 72.2 cm³/mol. The molecule has 1 N–H and O–H groups in total. The van der Waals surface area contributed by atoms with Crippen LogP contribution < -0.4 is 0 Å². The van der Waals surface area contributed by atoms with Crippen LogP contribution in [0.3, 0.4) is 0 Å². The summed E-state index contributed by atoms with van der Waals surface area (Å²) >= 11 is 5.87. The molecule has 0 bridgehead atoms. The maximum Gasteiger partial charge on any atom is 0.246 e. The van der Waals surface area contributed by atoms with Crippen molar-refractivity contribution in [3.63, 3.8) is 0 Å². The molecule has 102 valence electrons. The fourth-order valence-electron chi connectivity index (χ4n) is 2.11. The van der Waals surface area contributed by atoms with E-state index in [4.69, 9.17) is 16.7 Å². The molecule has 1 atom stereocenters. The Labute approximate surface area is 116 Å². The van der Waals surface area contributed by atoms with E-state index in [1.807, 2.05) is 0 Å². The van der Waals surface area contributed by atoms with Crippen LogP contribution in [0.2, 0.25) is 5.02 Å². The van der Waals surface area contributed by atoms with Gasteiger partial charge in [-0.25, -0.2) is 4.39 Å². The first-order chi connectivity index (χ1) is 9.11. The second-order valence-corrected chi connectivity index (χ2v) is 5.00. The summed E-state index contributed by atoms with van der Waals surface area (Å²) in [5.41, 5.74) is 0.218. The molecule has 0 spiro atoms. The molecule has 1 aliphatic heterocycles. The number of nitrogens with zero attached hydrogens (tertiary/aromatic N) is 1. The second kappa shape index (κ2) is 6.17. The Morgan fingerprint density at radius 1 is 1.58 bits per heavy atom. The van der Waals surface area contributed by atoms with Crippen molar-refractivity contribution in [3.05, 3.63) is 40.7 Å². The van der Waals surface area contributed by atoms with Gasteiger partial charge in [-0.15, -0.1) is 0 Å². The van der Waals surface area contributed by atoms with Gasteiger partial charge in [0.2, 0.25) is 5.91 Å². The average Bonchev–Trinajstić information content (AvgIpc) is 2.86. The normalized spacial score (nSPS) is 19.3. The zero-order valence-electron chi connectivity index (χ0n) is 10.4. The molecule has 1 aromatic carbocycles. The minimum Gasteiger partial charge on any atom is -0.396 e. The van der Waals surface area contributed by atoms with Crippen LogP contribution >= 0.6 is 11.6 Å². The van der Waals surface area contributed by atoms with Crippen molar-refractivity contribution in [3.8, 4) is 0 Å². The van der Waals surface area contributed by atoms with E-state index in [-0.39, 0.29) is 29.0 Å². The van der Waals surface area contributed by atoms with Gasteiger partial charge in [-0.2, -0.15) is 0 Å². The van der Waals surface area contributed by atoms with Gasteiger partial charge < -0.3 is 10.0 Å². The standard InChI is InChI=1S/C14H15ClFNO2/c15-12-2-1-3-13(16)11(12)4-5-14(19)17-7-6-10(8-17)9-18/h1-5,10,18H,6-9H2. The number of amides is 1. The van der Waals surface area contributed by atoms with E-state index in [1.165, 1.54) is 24.3 Å². The van der Waals surface area contributed by atoms with Crippen molar-refractivity contribution in [1.82, 2.24) is 4.90 Å². The highest BCUT2D eigenvalue weighted by atomic mass is 35.5. The maximum atomic E-state index is 13.5. The fourth-order valence-corrected chi connectivity index (χ4v) is 2.34. The van der Waals surface area contributed by atoms with Gasteiger partial charge in [0.25, 0.3) is 0 Å². The number of likely N-dealkylation sites (tertiary alicyclic amines) is 1. The van der Waals surface area contributed by atoms with Gasteiger partial charge in [0.05, 0.1) is 5.02 Å². The molecular weight excluding hydrogens is 269 g/mol. The SMILES string of the molecule is O=C(C=Cc1c(F)cccc1Cl)N1CCC(CO)C1. The summed E-state index contributed by atoms with van der Waals surface area (Å²) in [6.45, 7) is 1.26. The van der Waals surface area contributed by atoms with Crippen molar-refractivity contribution >= 4 is 23.6 Å². The molecule has 1 aromatic rings. The van der Waals surface area contributed by atoms with E-state index in [9.17, 15) is 9.18 Å². The van der Waals surface area contributed by atoms with E-state index >= 15 is 0 Å².